The first-order chi connectivity index (χ1) is 12.8. The van der Waals surface area contributed by atoms with E-state index in [1.165, 1.54) is 11.1 Å². The van der Waals surface area contributed by atoms with Crippen LogP contribution >= 0.6 is 0 Å². The average Bonchev–Trinajstić information content (AvgIpc) is 2.95. The maximum absolute atomic E-state index is 11.9. The number of aromatic hydroxyl groups is 1. The molecular weight excluding hydrogens is 338 g/mol. The number of fused-ring (bicyclic) bond motifs is 2. The Morgan fingerprint density at radius 1 is 1.30 bits per heavy atom. The number of hydrogen-bond donors (Lipinski definition) is 2. The van der Waals surface area contributed by atoms with Crippen LogP contribution in [0.25, 0.3) is 6.08 Å². The minimum Gasteiger partial charge on any atom is -0.507 e. The molecule has 0 radical (unpaired) electrons. The third-order valence-corrected chi connectivity index (χ3v) is 5.25. The number of allylic oxidation sites excluding steroid dienone is 4. The number of phenolic OH excluding ortho intramolecular Hbond substituents is 1. The van der Waals surface area contributed by atoms with E-state index < -0.39 is 5.60 Å². The fraction of sp³-hybridized carbons (Fsp3) is 0.435. The highest BCUT2D eigenvalue weighted by Crippen LogP contribution is 2.42. The van der Waals surface area contributed by atoms with E-state index >= 15 is 0 Å². The molecule has 2 aliphatic heterocycles. The van der Waals surface area contributed by atoms with Crippen LogP contribution in [-0.4, -0.2) is 16.6 Å². The minimum atomic E-state index is -0.445. The summed E-state index contributed by atoms with van der Waals surface area (Å²) in [6, 6.07) is 1.76. The van der Waals surface area contributed by atoms with Gasteiger partial charge in [-0.05, 0) is 71.6 Å². The fourth-order valence-corrected chi connectivity index (χ4v) is 3.57. The van der Waals surface area contributed by atoms with Gasteiger partial charge in [0.1, 0.15) is 17.1 Å². The first kappa shape index (κ1) is 19.3. The Balaban J connectivity index is 1.67. The Hall–Kier alpha value is -2.49. The summed E-state index contributed by atoms with van der Waals surface area (Å²) in [6.07, 6.45) is 12.4. The van der Waals surface area contributed by atoms with Gasteiger partial charge in [0.2, 0.25) is 0 Å². The molecular formula is C23H29NO3. The van der Waals surface area contributed by atoms with Gasteiger partial charge >= 0.3 is 0 Å². The molecule has 1 atom stereocenters. The number of amides is 1. The lowest BCUT2D eigenvalue weighted by molar-refractivity contribution is 0.0963. The van der Waals surface area contributed by atoms with Crippen molar-refractivity contribution in [1.82, 2.24) is 5.32 Å². The van der Waals surface area contributed by atoms with E-state index in [0.29, 0.717) is 29.0 Å². The lowest BCUT2D eigenvalue weighted by Crippen LogP contribution is -2.31. The van der Waals surface area contributed by atoms with Crippen LogP contribution in [0.4, 0.5) is 0 Å². The normalized spacial score (nSPS) is 20.6. The largest absolute Gasteiger partial charge is 0.507 e. The lowest BCUT2D eigenvalue weighted by Gasteiger charge is -2.32. The van der Waals surface area contributed by atoms with Gasteiger partial charge in [-0.1, -0.05) is 23.3 Å². The average molecular weight is 367 g/mol. The van der Waals surface area contributed by atoms with Crippen LogP contribution in [0.2, 0.25) is 0 Å². The molecule has 0 unspecified atom stereocenters. The van der Waals surface area contributed by atoms with Crippen LogP contribution in [0.3, 0.4) is 0 Å². The van der Waals surface area contributed by atoms with Gasteiger partial charge in [-0.2, -0.15) is 0 Å². The fourth-order valence-electron chi connectivity index (χ4n) is 3.57. The second-order valence-electron chi connectivity index (χ2n) is 8.00. The molecule has 1 aromatic carbocycles. The number of carbonyl (C=O) groups is 1. The zero-order chi connectivity index (χ0) is 19.6. The van der Waals surface area contributed by atoms with Crippen molar-refractivity contribution in [1.29, 1.82) is 0 Å². The first-order valence-electron chi connectivity index (χ1n) is 9.63. The number of carbonyl (C=O) groups excluding carboxylic acids is 1. The Kier molecular flexibility index (Phi) is 5.45. The van der Waals surface area contributed by atoms with Crippen molar-refractivity contribution in [3.63, 3.8) is 0 Å². The molecule has 0 aromatic heterocycles. The van der Waals surface area contributed by atoms with Crippen LogP contribution in [0.5, 0.6) is 11.5 Å². The second-order valence-corrected chi connectivity index (χ2v) is 8.00. The van der Waals surface area contributed by atoms with E-state index in [-0.39, 0.29) is 11.7 Å². The summed E-state index contributed by atoms with van der Waals surface area (Å²) in [5, 5.41) is 13.2. The van der Waals surface area contributed by atoms with Gasteiger partial charge in [0, 0.05) is 12.1 Å². The highest BCUT2D eigenvalue weighted by Gasteiger charge is 2.32. The van der Waals surface area contributed by atoms with Crippen molar-refractivity contribution < 1.29 is 14.6 Å². The summed E-state index contributed by atoms with van der Waals surface area (Å²) in [5.74, 6) is 0.574. The van der Waals surface area contributed by atoms with Crippen LogP contribution in [0.1, 0.15) is 74.9 Å². The molecule has 0 saturated carbocycles. The highest BCUT2D eigenvalue weighted by molar-refractivity contribution is 6.00. The number of phenols is 1. The van der Waals surface area contributed by atoms with Gasteiger partial charge in [-0.25, -0.2) is 0 Å². The Labute approximate surface area is 161 Å². The molecule has 2 heterocycles. The zero-order valence-corrected chi connectivity index (χ0v) is 16.7. The van der Waals surface area contributed by atoms with E-state index in [4.69, 9.17) is 4.74 Å². The number of nitrogens with one attached hydrogen (secondary N) is 1. The second kappa shape index (κ2) is 7.63. The molecule has 4 heteroatoms. The lowest BCUT2D eigenvalue weighted by atomic mass is 9.92. The molecule has 2 aliphatic rings. The monoisotopic (exact) mass is 367 g/mol. The van der Waals surface area contributed by atoms with Crippen molar-refractivity contribution >= 4 is 12.0 Å². The highest BCUT2D eigenvalue weighted by atomic mass is 16.5. The Morgan fingerprint density at radius 2 is 2.07 bits per heavy atom. The summed E-state index contributed by atoms with van der Waals surface area (Å²) in [4.78, 5) is 11.9. The van der Waals surface area contributed by atoms with Gasteiger partial charge in [0.15, 0.2) is 0 Å². The SMILES string of the molecule is CC(C)=CCC/C(C)=C\CC[C@@]1(C)C=Cc2c(cc3c(c2O)CNC3=O)O1. The zero-order valence-electron chi connectivity index (χ0n) is 16.7. The molecule has 1 aromatic rings. The quantitative estimate of drug-likeness (QED) is 0.673. The summed E-state index contributed by atoms with van der Waals surface area (Å²) in [7, 11) is 0. The predicted molar refractivity (Wildman–Crippen MR) is 109 cm³/mol. The topological polar surface area (TPSA) is 58.6 Å². The first-order valence-corrected chi connectivity index (χ1v) is 9.63. The number of benzene rings is 1. The van der Waals surface area contributed by atoms with Gasteiger partial charge in [-0.3, -0.25) is 4.79 Å². The van der Waals surface area contributed by atoms with Gasteiger partial charge in [0.05, 0.1) is 11.1 Å². The van der Waals surface area contributed by atoms with E-state index in [0.717, 1.165) is 25.7 Å². The van der Waals surface area contributed by atoms with E-state index in [9.17, 15) is 9.90 Å². The summed E-state index contributed by atoms with van der Waals surface area (Å²) in [5.41, 5.74) is 4.14. The molecule has 3 rings (SSSR count). The van der Waals surface area contributed by atoms with Crippen molar-refractivity contribution in [2.24, 2.45) is 0 Å². The van der Waals surface area contributed by atoms with Gasteiger partial charge in [-0.15, -0.1) is 0 Å². The van der Waals surface area contributed by atoms with Gasteiger partial charge in [0.25, 0.3) is 5.91 Å². The molecule has 2 N–H and O–H groups in total. The summed E-state index contributed by atoms with van der Waals surface area (Å²) in [6.45, 7) is 8.84. The summed E-state index contributed by atoms with van der Waals surface area (Å²) >= 11 is 0. The number of rotatable bonds is 6. The van der Waals surface area contributed by atoms with Crippen molar-refractivity contribution in [2.45, 2.75) is 65.5 Å². The van der Waals surface area contributed by atoms with Crippen LogP contribution in [0.15, 0.2) is 35.4 Å². The molecule has 4 nitrogen and oxygen atoms in total. The Morgan fingerprint density at radius 3 is 2.81 bits per heavy atom. The number of ether oxygens (including phenoxy) is 1. The molecule has 0 bridgehead atoms. The maximum Gasteiger partial charge on any atom is 0.252 e. The molecule has 0 spiro atoms. The third kappa shape index (κ3) is 4.26. The van der Waals surface area contributed by atoms with E-state index in [2.05, 4.69) is 38.2 Å². The standard InChI is InChI=1S/C23H29NO3/c1-15(2)7-5-8-16(3)9-6-11-23(4)12-10-17-20(27-23)13-18-19(21(17)25)14-24-22(18)26/h7,9-10,12-13,25H,5-6,8,11,14H2,1-4H3,(H,24,26)/b16-9-/t23-/m0/s1. The molecule has 0 fully saturated rings. The van der Waals surface area contributed by atoms with Crippen LogP contribution in [0, 0.1) is 0 Å². The molecule has 144 valence electrons. The molecule has 0 saturated heterocycles. The van der Waals surface area contributed by atoms with Crippen molar-refractivity contribution in [2.75, 3.05) is 0 Å². The summed E-state index contributed by atoms with van der Waals surface area (Å²) < 4.78 is 6.20. The van der Waals surface area contributed by atoms with Crippen LogP contribution in [-0.2, 0) is 6.54 Å². The Bertz CT molecular complexity index is 844. The smallest absolute Gasteiger partial charge is 0.252 e. The molecule has 1 amide bonds. The predicted octanol–water partition coefficient (Wildman–Crippen LogP) is 5.27. The molecule has 0 aliphatic carbocycles. The third-order valence-electron chi connectivity index (χ3n) is 5.25. The van der Waals surface area contributed by atoms with Crippen molar-refractivity contribution in [3.05, 3.63) is 52.1 Å². The number of hydrogen-bond acceptors (Lipinski definition) is 3. The van der Waals surface area contributed by atoms with E-state index in [1.807, 2.05) is 19.1 Å². The molecule has 27 heavy (non-hydrogen) atoms. The van der Waals surface area contributed by atoms with E-state index in [1.54, 1.807) is 6.07 Å². The minimum absolute atomic E-state index is 0.147. The van der Waals surface area contributed by atoms with Crippen LogP contribution < -0.4 is 10.1 Å². The van der Waals surface area contributed by atoms with Gasteiger partial charge < -0.3 is 15.2 Å². The van der Waals surface area contributed by atoms with Crippen molar-refractivity contribution in [3.8, 4) is 11.5 Å². The maximum atomic E-state index is 11.9.